The number of hydrogen-bond acceptors (Lipinski definition) is 4. The maximum atomic E-state index is 11.2. The molecule has 0 fully saturated rings. The zero-order chi connectivity index (χ0) is 15.2. The summed E-state index contributed by atoms with van der Waals surface area (Å²) in [5.74, 6) is -0.229. The molecule has 1 aromatic heterocycles. The van der Waals surface area contributed by atoms with E-state index in [0.717, 1.165) is 5.75 Å². The first-order valence-corrected chi connectivity index (χ1v) is 6.94. The van der Waals surface area contributed by atoms with Gasteiger partial charge >= 0.3 is 5.97 Å². The fraction of sp³-hybridized carbons (Fsp3) is 0.400. The van der Waals surface area contributed by atoms with Crippen molar-refractivity contribution < 1.29 is 14.6 Å². The third kappa shape index (κ3) is 3.81. The number of hydrogen-bond donors (Lipinski definition) is 1. The molecule has 6 nitrogen and oxygen atoms in total. The zero-order valence-corrected chi connectivity index (χ0v) is 12.2. The largest absolute Gasteiger partial charge is 0.494 e. The van der Waals surface area contributed by atoms with E-state index >= 15 is 0 Å². The van der Waals surface area contributed by atoms with Crippen LogP contribution in [0.5, 0.6) is 5.75 Å². The van der Waals surface area contributed by atoms with E-state index in [4.69, 9.17) is 9.84 Å². The van der Waals surface area contributed by atoms with Crippen LogP contribution in [0.3, 0.4) is 0 Å². The number of aromatic carboxylic acids is 1. The molecular formula is C15H19N3O3. The van der Waals surface area contributed by atoms with Crippen LogP contribution >= 0.6 is 0 Å². The summed E-state index contributed by atoms with van der Waals surface area (Å²) in [7, 11) is 0. The summed E-state index contributed by atoms with van der Waals surface area (Å²) < 4.78 is 7.27. The number of carboxylic acids is 1. The first kappa shape index (κ1) is 15.0. The Labute approximate surface area is 123 Å². The molecule has 112 valence electrons. The lowest BCUT2D eigenvalue weighted by molar-refractivity contribution is 0.0689. The predicted molar refractivity (Wildman–Crippen MR) is 77.6 cm³/mol. The summed E-state index contributed by atoms with van der Waals surface area (Å²) in [5, 5.41) is 16.8. The third-order valence-electron chi connectivity index (χ3n) is 3.05. The first-order valence-electron chi connectivity index (χ1n) is 6.94. The lowest BCUT2D eigenvalue weighted by Gasteiger charge is -2.10. The van der Waals surface area contributed by atoms with E-state index in [2.05, 4.69) is 10.3 Å². The highest BCUT2D eigenvalue weighted by Crippen LogP contribution is 2.15. The molecule has 0 aliphatic rings. The van der Waals surface area contributed by atoms with Gasteiger partial charge in [0.25, 0.3) is 0 Å². The van der Waals surface area contributed by atoms with Gasteiger partial charge in [0.15, 0.2) is 5.69 Å². The topological polar surface area (TPSA) is 77.2 Å². The summed E-state index contributed by atoms with van der Waals surface area (Å²) in [6.45, 7) is 4.42. The van der Waals surface area contributed by atoms with Gasteiger partial charge in [0, 0.05) is 6.04 Å². The molecule has 21 heavy (non-hydrogen) atoms. The fourth-order valence-electron chi connectivity index (χ4n) is 2.07. The van der Waals surface area contributed by atoms with Crippen molar-refractivity contribution in [3.05, 3.63) is 41.7 Å². The molecule has 0 aliphatic carbocycles. The second kappa shape index (κ2) is 6.88. The number of benzene rings is 1. The Morgan fingerprint density at radius 3 is 2.67 bits per heavy atom. The minimum absolute atomic E-state index is 0.0309. The van der Waals surface area contributed by atoms with Crippen molar-refractivity contribution in [1.29, 1.82) is 0 Å². The molecule has 1 N–H and O–H groups in total. The van der Waals surface area contributed by atoms with Crippen LogP contribution in [-0.2, 0) is 6.42 Å². The minimum atomic E-state index is -1.04. The van der Waals surface area contributed by atoms with Gasteiger partial charge in [-0.25, -0.2) is 9.48 Å². The molecule has 6 heteroatoms. The van der Waals surface area contributed by atoms with Crippen LogP contribution in [0.1, 0.15) is 42.5 Å². The third-order valence-corrected chi connectivity index (χ3v) is 3.05. The Morgan fingerprint density at radius 2 is 2.05 bits per heavy atom. The van der Waals surface area contributed by atoms with Crippen molar-refractivity contribution in [2.75, 3.05) is 6.61 Å². The molecular weight excluding hydrogens is 270 g/mol. The molecule has 0 spiro atoms. The Balaban J connectivity index is 1.96. The fourth-order valence-corrected chi connectivity index (χ4v) is 2.07. The average molecular weight is 289 g/mol. The van der Waals surface area contributed by atoms with Gasteiger partial charge in [-0.05, 0) is 38.8 Å². The molecule has 0 radical (unpaired) electrons. The van der Waals surface area contributed by atoms with Crippen LogP contribution in [0.15, 0.2) is 30.3 Å². The van der Waals surface area contributed by atoms with Crippen molar-refractivity contribution in [3.63, 3.8) is 0 Å². The van der Waals surface area contributed by atoms with E-state index < -0.39 is 5.97 Å². The van der Waals surface area contributed by atoms with E-state index in [1.165, 1.54) is 0 Å². The van der Waals surface area contributed by atoms with Gasteiger partial charge in [0.1, 0.15) is 5.75 Å². The minimum Gasteiger partial charge on any atom is -0.494 e. The van der Waals surface area contributed by atoms with E-state index in [9.17, 15) is 4.79 Å². The van der Waals surface area contributed by atoms with Crippen molar-refractivity contribution in [3.8, 4) is 5.75 Å². The highest BCUT2D eigenvalue weighted by atomic mass is 16.5. The maximum Gasteiger partial charge on any atom is 0.358 e. The second-order valence-electron chi connectivity index (χ2n) is 4.99. The summed E-state index contributed by atoms with van der Waals surface area (Å²) in [6, 6.07) is 9.62. The lowest BCUT2D eigenvalue weighted by atomic mass is 10.2. The van der Waals surface area contributed by atoms with Gasteiger partial charge in [-0.15, -0.1) is 5.10 Å². The Morgan fingerprint density at radius 1 is 1.33 bits per heavy atom. The molecule has 0 atom stereocenters. The number of para-hydroxylation sites is 1. The SMILES string of the molecule is CC(C)n1nnc(C(=O)O)c1CCCOc1ccccc1. The number of carboxylic acid groups (broad SMARTS) is 1. The van der Waals surface area contributed by atoms with E-state index in [1.54, 1.807) is 4.68 Å². The van der Waals surface area contributed by atoms with E-state index in [-0.39, 0.29) is 11.7 Å². The van der Waals surface area contributed by atoms with Gasteiger partial charge in [0.2, 0.25) is 0 Å². The van der Waals surface area contributed by atoms with Gasteiger partial charge in [0.05, 0.1) is 12.3 Å². The van der Waals surface area contributed by atoms with Crippen LogP contribution in [0.4, 0.5) is 0 Å². The van der Waals surface area contributed by atoms with Crippen LogP contribution in [0, 0.1) is 0 Å². The zero-order valence-electron chi connectivity index (χ0n) is 12.2. The van der Waals surface area contributed by atoms with Gasteiger partial charge in [-0.3, -0.25) is 0 Å². The van der Waals surface area contributed by atoms with E-state index in [0.29, 0.717) is 25.1 Å². The molecule has 0 amide bonds. The molecule has 0 saturated carbocycles. The van der Waals surface area contributed by atoms with Gasteiger partial charge in [-0.2, -0.15) is 0 Å². The number of nitrogens with zero attached hydrogens (tertiary/aromatic N) is 3. The highest BCUT2D eigenvalue weighted by Gasteiger charge is 2.19. The number of rotatable bonds is 7. The van der Waals surface area contributed by atoms with Crippen molar-refractivity contribution in [2.45, 2.75) is 32.7 Å². The van der Waals surface area contributed by atoms with Crippen LogP contribution < -0.4 is 4.74 Å². The number of carbonyl (C=O) groups is 1. The Bertz CT molecular complexity index is 593. The maximum absolute atomic E-state index is 11.2. The summed E-state index contributed by atoms with van der Waals surface area (Å²) in [4.78, 5) is 11.2. The monoisotopic (exact) mass is 289 g/mol. The highest BCUT2D eigenvalue weighted by molar-refractivity contribution is 5.86. The van der Waals surface area contributed by atoms with Gasteiger partial charge in [-0.1, -0.05) is 23.4 Å². The average Bonchev–Trinajstić information content (AvgIpc) is 2.89. The van der Waals surface area contributed by atoms with Crippen molar-refractivity contribution in [2.24, 2.45) is 0 Å². The standard InChI is InChI=1S/C15H19N3O3/c1-11(2)18-13(14(15(19)20)16-17-18)9-6-10-21-12-7-4-3-5-8-12/h3-5,7-8,11H,6,9-10H2,1-2H3,(H,19,20). The quantitative estimate of drug-likeness (QED) is 0.793. The van der Waals surface area contributed by atoms with Crippen LogP contribution in [0.25, 0.3) is 0 Å². The molecule has 2 aromatic rings. The van der Waals surface area contributed by atoms with E-state index in [1.807, 2.05) is 44.2 Å². The second-order valence-corrected chi connectivity index (χ2v) is 4.99. The van der Waals surface area contributed by atoms with Crippen LogP contribution in [-0.4, -0.2) is 32.7 Å². The molecule has 1 heterocycles. The number of aromatic nitrogens is 3. The van der Waals surface area contributed by atoms with Gasteiger partial charge < -0.3 is 9.84 Å². The summed E-state index contributed by atoms with van der Waals surface area (Å²) in [5.41, 5.74) is 0.678. The molecule has 1 aromatic carbocycles. The summed E-state index contributed by atoms with van der Waals surface area (Å²) >= 11 is 0. The molecule has 0 bridgehead atoms. The van der Waals surface area contributed by atoms with Crippen molar-refractivity contribution >= 4 is 5.97 Å². The number of ether oxygens (including phenoxy) is 1. The first-order chi connectivity index (χ1) is 10.1. The molecule has 0 saturated heterocycles. The lowest BCUT2D eigenvalue weighted by Crippen LogP contribution is -2.12. The summed E-state index contributed by atoms with van der Waals surface area (Å²) in [6.07, 6.45) is 1.27. The smallest absolute Gasteiger partial charge is 0.358 e. The van der Waals surface area contributed by atoms with Crippen molar-refractivity contribution in [1.82, 2.24) is 15.0 Å². The Kier molecular flexibility index (Phi) is 4.92. The molecule has 2 rings (SSSR count). The molecule has 0 unspecified atom stereocenters. The van der Waals surface area contributed by atoms with Crippen LogP contribution in [0.2, 0.25) is 0 Å². The predicted octanol–water partition coefficient (Wildman–Crippen LogP) is 2.57. The molecule has 0 aliphatic heterocycles. The Hall–Kier alpha value is -2.37. The normalized spacial score (nSPS) is 10.8.